The Balaban J connectivity index is 2.94. The number of rotatable bonds is 6. The molecule has 0 radical (unpaired) electrons. The maximum Gasteiger partial charge on any atom is 0.122 e. The number of benzene rings is 1. The molecule has 0 bridgehead atoms. The number of methoxy groups -OCH3 is 1. The lowest BCUT2D eigenvalue weighted by Gasteiger charge is -2.17. The number of anilines is 1. The summed E-state index contributed by atoms with van der Waals surface area (Å²) in [4.78, 5) is 0. The topological polar surface area (TPSA) is 33.3 Å². The smallest absolute Gasteiger partial charge is 0.122 e. The van der Waals surface area contributed by atoms with E-state index < -0.39 is 0 Å². The number of nitrogens with one attached hydrogen (secondary N) is 2. The van der Waals surface area contributed by atoms with E-state index in [-0.39, 0.29) is 0 Å². The van der Waals surface area contributed by atoms with Gasteiger partial charge in [0.15, 0.2) is 0 Å². The molecule has 1 aromatic carbocycles. The van der Waals surface area contributed by atoms with Crippen LogP contribution in [0.5, 0.6) is 5.75 Å². The molecule has 2 N–H and O–H groups in total. The minimum Gasteiger partial charge on any atom is -0.496 e. The maximum absolute atomic E-state index is 5.43. The Labute approximate surface area is 105 Å². The zero-order valence-corrected chi connectivity index (χ0v) is 11.6. The van der Waals surface area contributed by atoms with E-state index in [0.29, 0.717) is 5.92 Å². The molecule has 3 heteroatoms. The number of hydrogen-bond acceptors (Lipinski definition) is 3. The summed E-state index contributed by atoms with van der Waals surface area (Å²) in [5.41, 5.74) is 3.68. The van der Waals surface area contributed by atoms with Crippen LogP contribution >= 0.6 is 0 Å². The van der Waals surface area contributed by atoms with Crippen LogP contribution in [0.2, 0.25) is 0 Å². The van der Waals surface area contributed by atoms with Crippen LogP contribution in [0.25, 0.3) is 0 Å². The molecule has 0 amide bonds. The summed E-state index contributed by atoms with van der Waals surface area (Å²) in [5, 5.41) is 6.57. The summed E-state index contributed by atoms with van der Waals surface area (Å²) < 4.78 is 5.43. The lowest BCUT2D eigenvalue weighted by Crippen LogP contribution is -2.18. The average molecular weight is 236 g/mol. The van der Waals surface area contributed by atoms with E-state index in [1.54, 1.807) is 7.11 Å². The van der Waals surface area contributed by atoms with Gasteiger partial charge in [-0.05, 0) is 43.1 Å². The molecule has 0 saturated carbocycles. The van der Waals surface area contributed by atoms with Gasteiger partial charge in [0.05, 0.1) is 7.11 Å². The van der Waals surface area contributed by atoms with E-state index in [0.717, 1.165) is 18.8 Å². The van der Waals surface area contributed by atoms with Crippen molar-refractivity contribution in [2.75, 3.05) is 32.6 Å². The predicted octanol–water partition coefficient (Wildman–Crippen LogP) is 2.76. The van der Waals surface area contributed by atoms with Gasteiger partial charge < -0.3 is 15.4 Å². The van der Waals surface area contributed by atoms with Crippen molar-refractivity contribution in [1.29, 1.82) is 0 Å². The van der Waals surface area contributed by atoms with Crippen LogP contribution in [0, 0.1) is 6.92 Å². The highest BCUT2D eigenvalue weighted by Gasteiger charge is 2.10. The average Bonchev–Trinajstić information content (AvgIpc) is 2.30. The van der Waals surface area contributed by atoms with Crippen molar-refractivity contribution < 1.29 is 4.74 Å². The maximum atomic E-state index is 5.43. The first-order chi connectivity index (χ1) is 8.10. The van der Waals surface area contributed by atoms with Gasteiger partial charge in [0.2, 0.25) is 0 Å². The van der Waals surface area contributed by atoms with Gasteiger partial charge in [0, 0.05) is 18.8 Å². The molecule has 96 valence electrons. The fourth-order valence-corrected chi connectivity index (χ4v) is 1.84. The van der Waals surface area contributed by atoms with Crippen molar-refractivity contribution >= 4 is 5.69 Å². The van der Waals surface area contributed by atoms with E-state index in [4.69, 9.17) is 4.74 Å². The van der Waals surface area contributed by atoms with E-state index in [2.05, 4.69) is 43.5 Å². The molecule has 1 rings (SSSR count). The summed E-state index contributed by atoms with van der Waals surface area (Å²) in [6, 6.07) is 4.31. The quantitative estimate of drug-likeness (QED) is 0.745. The number of likely N-dealkylation sites (N-methyl/N-ethyl adjacent to an activating group) is 1. The Morgan fingerprint density at radius 2 is 1.94 bits per heavy atom. The fraction of sp³-hybridized carbons (Fsp3) is 0.571. The lowest BCUT2D eigenvalue weighted by atomic mass is 9.99. The molecule has 0 heterocycles. The minimum atomic E-state index is 0.468. The molecule has 0 aliphatic rings. The van der Waals surface area contributed by atoms with Crippen molar-refractivity contribution in [1.82, 2.24) is 5.32 Å². The monoisotopic (exact) mass is 236 g/mol. The van der Waals surface area contributed by atoms with Crippen molar-refractivity contribution in [2.45, 2.75) is 26.7 Å². The zero-order chi connectivity index (χ0) is 12.8. The van der Waals surface area contributed by atoms with Gasteiger partial charge in [-0.25, -0.2) is 0 Å². The largest absolute Gasteiger partial charge is 0.496 e. The molecule has 0 aliphatic carbocycles. The molecular formula is C14H24N2O. The fourth-order valence-electron chi connectivity index (χ4n) is 1.84. The Morgan fingerprint density at radius 1 is 1.24 bits per heavy atom. The van der Waals surface area contributed by atoms with E-state index in [9.17, 15) is 0 Å². The Hall–Kier alpha value is -1.22. The molecule has 0 spiro atoms. The van der Waals surface area contributed by atoms with Gasteiger partial charge in [0.25, 0.3) is 0 Å². The summed E-state index contributed by atoms with van der Waals surface area (Å²) in [6.07, 6.45) is 0. The van der Waals surface area contributed by atoms with Gasteiger partial charge in [-0.2, -0.15) is 0 Å². The molecule has 0 fully saturated rings. The highest BCUT2D eigenvalue weighted by atomic mass is 16.5. The Morgan fingerprint density at radius 3 is 2.47 bits per heavy atom. The van der Waals surface area contributed by atoms with Crippen molar-refractivity contribution in [2.24, 2.45) is 0 Å². The van der Waals surface area contributed by atoms with Gasteiger partial charge >= 0.3 is 0 Å². The van der Waals surface area contributed by atoms with Gasteiger partial charge in [-0.3, -0.25) is 0 Å². The van der Waals surface area contributed by atoms with Crippen LogP contribution in [-0.4, -0.2) is 27.2 Å². The highest BCUT2D eigenvalue weighted by Crippen LogP contribution is 2.31. The second-order valence-electron chi connectivity index (χ2n) is 4.59. The predicted molar refractivity (Wildman–Crippen MR) is 74.2 cm³/mol. The molecular weight excluding hydrogens is 212 g/mol. The standard InChI is InChI=1S/C14H24N2O/c1-10(2)12-9-13(16-7-6-15-4)11(3)8-14(12)17-5/h8-10,15-16H,6-7H2,1-5H3. The molecule has 17 heavy (non-hydrogen) atoms. The number of ether oxygens (including phenoxy) is 1. The van der Waals surface area contributed by atoms with Crippen molar-refractivity contribution in [3.8, 4) is 5.75 Å². The molecule has 0 saturated heterocycles. The first-order valence-electron chi connectivity index (χ1n) is 6.17. The van der Waals surface area contributed by atoms with Crippen LogP contribution in [0.15, 0.2) is 12.1 Å². The van der Waals surface area contributed by atoms with Crippen LogP contribution < -0.4 is 15.4 Å². The van der Waals surface area contributed by atoms with E-state index >= 15 is 0 Å². The first-order valence-corrected chi connectivity index (χ1v) is 6.17. The minimum absolute atomic E-state index is 0.468. The molecule has 0 aliphatic heterocycles. The second-order valence-corrected chi connectivity index (χ2v) is 4.59. The van der Waals surface area contributed by atoms with Gasteiger partial charge in [-0.1, -0.05) is 13.8 Å². The summed E-state index contributed by atoms with van der Waals surface area (Å²) in [5.74, 6) is 1.45. The molecule has 0 atom stereocenters. The molecule has 0 unspecified atom stereocenters. The SMILES string of the molecule is CNCCNc1cc(C(C)C)c(OC)cc1C. The lowest BCUT2D eigenvalue weighted by molar-refractivity contribution is 0.407. The number of aryl methyl sites for hydroxylation is 1. The summed E-state index contributed by atoms with van der Waals surface area (Å²) >= 11 is 0. The van der Waals surface area contributed by atoms with Crippen LogP contribution in [0.3, 0.4) is 0 Å². The second kappa shape index (κ2) is 6.50. The first kappa shape index (κ1) is 13.8. The van der Waals surface area contributed by atoms with E-state index in [1.807, 2.05) is 7.05 Å². The van der Waals surface area contributed by atoms with Gasteiger partial charge in [0.1, 0.15) is 5.75 Å². The van der Waals surface area contributed by atoms with Crippen molar-refractivity contribution in [3.05, 3.63) is 23.3 Å². The Kier molecular flexibility index (Phi) is 5.29. The molecule has 1 aromatic rings. The van der Waals surface area contributed by atoms with Crippen molar-refractivity contribution in [3.63, 3.8) is 0 Å². The third-order valence-corrected chi connectivity index (χ3v) is 2.89. The number of hydrogen-bond donors (Lipinski definition) is 2. The van der Waals surface area contributed by atoms with Crippen LogP contribution in [0.4, 0.5) is 5.69 Å². The summed E-state index contributed by atoms with van der Waals surface area (Å²) in [7, 11) is 3.69. The summed E-state index contributed by atoms with van der Waals surface area (Å²) in [6.45, 7) is 8.37. The van der Waals surface area contributed by atoms with Gasteiger partial charge in [-0.15, -0.1) is 0 Å². The highest BCUT2D eigenvalue weighted by molar-refractivity contribution is 5.58. The van der Waals surface area contributed by atoms with Crippen LogP contribution in [-0.2, 0) is 0 Å². The normalized spacial score (nSPS) is 10.7. The molecule has 3 nitrogen and oxygen atoms in total. The van der Waals surface area contributed by atoms with Crippen LogP contribution in [0.1, 0.15) is 30.9 Å². The third-order valence-electron chi connectivity index (χ3n) is 2.89. The third kappa shape index (κ3) is 3.63. The zero-order valence-electron chi connectivity index (χ0n) is 11.6. The Bertz CT molecular complexity index is 361. The molecule has 0 aromatic heterocycles. The van der Waals surface area contributed by atoms with E-state index in [1.165, 1.54) is 16.8 Å².